The summed E-state index contributed by atoms with van der Waals surface area (Å²) in [5.41, 5.74) is 0. The summed E-state index contributed by atoms with van der Waals surface area (Å²) in [5, 5.41) is 87.7. The van der Waals surface area contributed by atoms with Gasteiger partial charge in [0.25, 0.3) is 0 Å². The van der Waals surface area contributed by atoms with Crippen molar-refractivity contribution in [2.45, 2.75) is 479 Å². The maximum absolute atomic E-state index is 13.4. The van der Waals surface area contributed by atoms with Crippen LogP contribution in [0.15, 0.2) is 24.3 Å². The summed E-state index contributed by atoms with van der Waals surface area (Å²) in [6, 6.07) is -0.931. The highest BCUT2D eigenvalue weighted by molar-refractivity contribution is 5.76. The summed E-state index contributed by atoms with van der Waals surface area (Å²) in [6.45, 7) is 2.86. The SMILES string of the molecule is CCCCCCCCCCCCCCCCCCCCCCCC/C=C/CC/C=C/C(O)C(COC1OC(CO)C(OC2OC(CO)C(O)C(O)C2O)C(O)C1O)NC(=O)CCCCCCCCCCCCCCCCCCCCCCCCCCCCCCCCCCCCC. The van der Waals surface area contributed by atoms with Crippen LogP contribution in [0.1, 0.15) is 406 Å². The molecule has 2 rings (SSSR count). The van der Waals surface area contributed by atoms with Gasteiger partial charge in [-0.25, -0.2) is 0 Å². The van der Waals surface area contributed by atoms with E-state index in [2.05, 4.69) is 31.3 Å². The lowest BCUT2D eigenvalue weighted by Crippen LogP contribution is -2.65. The molecule has 2 fully saturated rings. The summed E-state index contributed by atoms with van der Waals surface area (Å²) in [4.78, 5) is 13.4. The topological polar surface area (TPSA) is 228 Å². The largest absolute Gasteiger partial charge is 0.394 e. The van der Waals surface area contributed by atoms with E-state index in [0.717, 1.165) is 32.1 Å². The smallest absolute Gasteiger partial charge is 0.220 e. The van der Waals surface area contributed by atoms with Crippen molar-refractivity contribution in [1.29, 1.82) is 0 Å². The number of carbonyl (C=O) groups is 1. The van der Waals surface area contributed by atoms with Crippen LogP contribution in [0.3, 0.4) is 0 Å². The predicted octanol–water partition coefficient (Wildman–Crippen LogP) is 19.4. The Morgan fingerprint density at radius 3 is 1.01 bits per heavy atom. The molecule has 0 saturated carbocycles. The van der Waals surface area contributed by atoms with Gasteiger partial charge in [0, 0.05) is 6.42 Å². The van der Waals surface area contributed by atoms with E-state index >= 15 is 0 Å². The highest BCUT2D eigenvalue weighted by Crippen LogP contribution is 2.30. The molecule has 0 aliphatic carbocycles. The van der Waals surface area contributed by atoms with E-state index in [1.54, 1.807) is 6.08 Å². The molecule has 0 bridgehead atoms. The van der Waals surface area contributed by atoms with E-state index in [4.69, 9.17) is 18.9 Å². The average molecular weight is 1380 g/mol. The summed E-state index contributed by atoms with van der Waals surface area (Å²) in [5.74, 6) is -0.239. The number of ether oxygens (including phenoxy) is 4. The minimum absolute atomic E-state index is 0.239. The van der Waals surface area contributed by atoms with Crippen LogP contribution in [0.2, 0.25) is 0 Å². The Labute approximate surface area is 596 Å². The van der Waals surface area contributed by atoms with Crippen molar-refractivity contribution >= 4 is 5.91 Å². The quantitative estimate of drug-likeness (QED) is 0.0204. The number of hydrogen-bond acceptors (Lipinski definition) is 13. The number of rotatable bonds is 72. The predicted molar refractivity (Wildman–Crippen MR) is 402 cm³/mol. The van der Waals surface area contributed by atoms with Gasteiger partial charge in [-0.05, 0) is 32.1 Å². The summed E-state index contributed by atoms with van der Waals surface area (Å²) < 4.78 is 22.9. The van der Waals surface area contributed by atoms with Crippen molar-refractivity contribution < 1.29 is 64.6 Å². The molecule has 574 valence electrons. The lowest BCUT2D eigenvalue weighted by molar-refractivity contribution is -0.359. The Morgan fingerprint density at radius 1 is 0.361 bits per heavy atom. The van der Waals surface area contributed by atoms with Crippen molar-refractivity contribution in [2.75, 3.05) is 19.8 Å². The molecule has 0 radical (unpaired) electrons. The standard InChI is InChI=1S/C83H159NO13/c1-3-5-7-9-11-13-15-17-19-21-23-25-27-29-31-33-34-35-36-37-38-39-41-43-45-47-49-51-53-55-57-59-61-63-65-67-75(88)84-71(70-94-82-80(93)78(91)81(74(69-86)96-82)97-83-79(92)77(90)76(89)73(68-85)95-83)72(87)66-64-62-60-58-56-54-52-50-48-46-44-42-40-32-30-28-26-24-22-20-18-16-14-12-10-8-6-4-2/h56,58,64,66,71-74,76-83,85-87,89-93H,3-55,57,59-63,65,67-70H2,1-2H3,(H,84,88)/b58-56+,66-64+. The number of aliphatic hydroxyl groups excluding tert-OH is 8. The Morgan fingerprint density at radius 2 is 0.660 bits per heavy atom. The van der Waals surface area contributed by atoms with Gasteiger partial charge in [0.1, 0.15) is 48.8 Å². The van der Waals surface area contributed by atoms with Crippen molar-refractivity contribution in [1.82, 2.24) is 5.32 Å². The minimum atomic E-state index is -1.79. The molecule has 2 aliphatic heterocycles. The zero-order chi connectivity index (χ0) is 70.1. The molecule has 14 nitrogen and oxygen atoms in total. The van der Waals surface area contributed by atoms with Gasteiger partial charge >= 0.3 is 0 Å². The van der Waals surface area contributed by atoms with E-state index in [9.17, 15) is 45.6 Å². The Balaban J connectivity index is 1.60. The van der Waals surface area contributed by atoms with E-state index in [0.29, 0.717) is 12.8 Å². The third kappa shape index (κ3) is 50.5. The first-order valence-corrected chi connectivity index (χ1v) is 42.1. The fraction of sp³-hybridized carbons (Fsp3) is 0.940. The Bertz CT molecular complexity index is 1720. The third-order valence-corrected chi connectivity index (χ3v) is 20.9. The number of unbranched alkanes of at least 4 members (excludes halogenated alkanes) is 57. The molecule has 0 aromatic carbocycles. The summed E-state index contributed by atoms with van der Waals surface area (Å²) >= 11 is 0. The van der Waals surface area contributed by atoms with Crippen molar-refractivity contribution in [3.8, 4) is 0 Å². The third-order valence-electron chi connectivity index (χ3n) is 20.9. The number of aliphatic hydroxyl groups is 8. The number of allylic oxidation sites excluding steroid dienone is 3. The molecule has 12 unspecified atom stereocenters. The first-order chi connectivity index (χ1) is 47.6. The second kappa shape index (κ2) is 67.6. The number of nitrogens with one attached hydrogen (secondary N) is 1. The molecule has 12 atom stereocenters. The molecule has 0 spiro atoms. The summed E-state index contributed by atoms with van der Waals surface area (Å²) in [6.07, 6.45) is 71.5. The monoisotopic (exact) mass is 1380 g/mol. The van der Waals surface area contributed by atoms with Gasteiger partial charge < -0.3 is 65.1 Å². The van der Waals surface area contributed by atoms with Gasteiger partial charge in [-0.3, -0.25) is 4.79 Å². The number of hydrogen-bond donors (Lipinski definition) is 9. The first-order valence-electron chi connectivity index (χ1n) is 42.1. The highest BCUT2D eigenvalue weighted by atomic mass is 16.7. The van der Waals surface area contributed by atoms with Crippen LogP contribution in [-0.4, -0.2) is 140 Å². The van der Waals surface area contributed by atoms with Crippen molar-refractivity contribution in [2.24, 2.45) is 0 Å². The fourth-order valence-corrected chi connectivity index (χ4v) is 14.3. The highest BCUT2D eigenvalue weighted by Gasteiger charge is 2.51. The van der Waals surface area contributed by atoms with Gasteiger partial charge in [0.05, 0.1) is 32.0 Å². The van der Waals surface area contributed by atoms with Crippen LogP contribution in [0.4, 0.5) is 0 Å². The lowest BCUT2D eigenvalue weighted by atomic mass is 9.97. The van der Waals surface area contributed by atoms with Gasteiger partial charge in [-0.1, -0.05) is 391 Å². The van der Waals surface area contributed by atoms with Crippen LogP contribution < -0.4 is 5.32 Å². The minimum Gasteiger partial charge on any atom is -0.394 e. The van der Waals surface area contributed by atoms with Crippen LogP contribution >= 0.6 is 0 Å². The molecule has 0 aromatic rings. The molecule has 14 heteroatoms. The van der Waals surface area contributed by atoms with Crippen LogP contribution in [0.25, 0.3) is 0 Å². The normalized spacial score (nSPS) is 22.2. The van der Waals surface area contributed by atoms with Gasteiger partial charge in [0.2, 0.25) is 5.91 Å². The molecular weight excluding hydrogens is 1220 g/mol. The van der Waals surface area contributed by atoms with Crippen LogP contribution in [0, 0.1) is 0 Å². The summed E-state index contributed by atoms with van der Waals surface area (Å²) in [7, 11) is 0. The second-order valence-corrected chi connectivity index (χ2v) is 30.0. The maximum Gasteiger partial charge on any atom is 0.220 e. The van der Waals surface area contributed by atoms with Gasteiger partial charge in [-0.2, -0.15) is 0 Å². The molecule has 9 N–H and O–H groups in total. The van der Waals surface area contributed by atoms with E-state index in [-0.39, 0.29) is 18.9 Å². The maximum atomic E-state index is 13.4. The van der Waals surface area contributed by atoms with E-state index in [1.807, 2.05) is 6.08 Å². The number of carbonyl (C=O) groups excluding carboxylic acids is 1. The fourth-order valence-electron chi connectivity index (χ4n) is 14.3. The average Bonchev–Trinajstić information content (AvgIpc) is 0.793. The molecule has 0 aromatic heterocycles. The first kappa shape index (κ1) is 91.6. The molecule has 97 heavy (non-hydrogen) atoms. The van der Waals surface area contributed by atoms with E-state index < -0.39 is 86.8 Å². The molecular formula is C83H159NO13. The van der Waals surface area contributed by atoms with Gasteiger partial charge in [-0.15, -0.1) is 0 Å². The molecule has 2 saturated heterocycles. The Hall–Kier alpha value is -1.53. The Kier molecular flexibility index (Phi) is 63.8. The zero-order valence-corrected chi connectivity index (χ0v) is 63.1. The van der Waals surface area contributed by atoms with Crippen molar-refractivity contribution in [3.63, 3.8) is 0 Å². The van der Waals surface area contributed by atoms with Gasteiger partial charge in [0.15, 0.2) is 12.6 Å². The molecule has 1 amide bonds. The number of amides is 1. The molecule has 2 heterocycles. The van der Waals surface area contributed by atoms with E-state index in [1.165, 1.54) is 340 Å². The second-order valence-electron chi connectivity index (χ2n) is 30.0. The van der Waals surface area contributed by atoms with Crippen molar-refractivity contribution in [3.05, 3.63) is 24.3 Å². The zero-order valence-electron chi connectivity index (χ0n) is 63.1. The lowest BCUT2D eigenvalue weighted by Gasteiger charge is -2.46. The molecule has 2 aliphatic rings. The van der Waals surface area contributed by atoms with Crippen LogP contribution in [0.5, 0.6) is 0 Å². The van der Waals surface area contributed by atoms with Crippen LogP contribution in [-0.2, 0) is 23.7 Å².